The van der Waals surface area contributed by atoms with E-state index in [-0.39, 0.29) is 34.5 Å². The number of nitrogens with zero attached hydrogens (tertiary/aromatic N) is 5. The highest BCUT2D eigenvalue weighted by molar-refractivity contribution is 7.17. The first-order chi connectivity index (χ1) is 16.2. The van der Waals surface area contributed by atoms with Crippen molar-refractivity contribution in [3.8, 4) is 11.4 Å². The number of halogens is 4. The predicted octanol–water partition coefficient (Wildman–Crippen LogP) is 3.85. The minimum atomic E-state index is -3.33. The number of carbonyl (C=O) groups is 2. The van der Waals surface area contributed by atoms with Crippen molar-refractivity contribution < 1.29 is 27.2 Å². The molecular formula is C22H27F4N6O2P. The van der Waals surface area contributed by atoms with E-state index >= 15 is 0 Å². The van der Waals surface area contributed by atoms with Crippen LogP contribution in [0, 0.1) is 0 Å². The Kier molecular flexibility index (Phi) is 7.64. The fourth-order valence-corrected chi connectivity index (χ4v) is 3.94. The third-order valence-corrected chi connectivity index (χ3v) is 6.19. The molecule has 2 aromatic rings. The molecular weight excluding hydrogens is 487 g/mol. The maximum Gasteiger partial charge on any atom is 0.284 e. The van der Waals surface area contributed by atoms with Crippen molar-refractivity contribution in [1.82, 2.24) is 19.9 Å². The second-order valence-corrected chi connectivity index (χ2v) is 9.28. The zero-order valence-corrected chi connectivity index (χ0v) is 20.9. The van der Waals surface area contributed by atoms with Crippen molar-refractivity contribution in [2.75, 3.05) is 36.4 Å². The van der Waals surface area contributed by atoms with Gasteiger partial charge in [-0.2, -0.15) is 8.78 Å². The Labute approximate surface area is 202 Å². The van der Waals surface area contributed by atoms with Crippen molar-refractivity contribution in [2.45, 2.75) is 45.2 Å². The molecule has 1 saturated heterocycles. The number of amides is 2. The molecule has 0 aliphatic carbocycles. The molecule has 2 aromatic heterocycles. The Hall–Kier alpha value is -2.88. The minimum absolute atomic E-state index is 0.0614. The maximum atomic E-state index is 14.4. The summed E-state index contributed by atoms with van der Waals surface area (Å²) in [6, 6.07) is 2.32. The second kappa shape index (κ2) is 10.0. The van der Waals surface area contributed by atoms with Gasteiger partial charge in [0.25, 0.3) is 11.6 Å². The fourth-order valence-electron chi connectivity index (χ4n) is 3.77. The maximum absolute atomic E-state index is 14.4. The average molecular weight is 514 g/mol. The standard InChI is InChI=1S/C22H27F4N6O2P/c1-12(21(4,23)24)18-19(27-11-28-20(18)29-13(2)33)16-9-15(22(25,26)35)10-17(30-16)32-7-5-31(6-8-32)14(3)34/h9-12H,5-8,35H2,1-4H3,(H,27,28,29,33)/t12-/m1/s1. The van der Waals surface area contributed by atoms with Crippen molar-refractivity contribution in [2.24, 2.45) is 0 Å². The lowest BCUT2D eigenvalue weighted by Crippen LogP contribution is -2.48. The number of carbonyl (C=O) groups excluding carboxylic acids is 2. The van der Waals surface area contributed by atoms with Gasteiger partial charge in [-0.15, -0.1) is 0 Å². The van der Waals surface area contributed by atoms with Crippen LogP contribution in [0.2, 0.25) is 0 Å². The number of nitrogens with one attached hydrogen (secondary N) is 1. The zero-order valence-electron chi connectivity index (χ0n) is 19.8. The Morgan fingerprint density at radius 2 is 1.71 bits per heavy atom. The van der Waals surface area contributed by atoms with Crippen LogP contribution in [0.15, 0.2) is 18.5 Å². The summed E-state index contributed by atoms with van der Waals surface area (Å²) >= 11 is 0. The van der Waals surface area contributed by atoms with Crippen LogP contribution in [0.5, 0.6) is 0 Å². The molecule has 35 heavy (non-hydrogen) atoms. The minimum Gasteiger partial charge on any atom is -0.353 e. The molecule has 190 valence electrons. The topological polar surface area (TPSA) is 91.3 Å². The highest BCUT2D eigenvalue weighted by Gasteiger charge is 2.37. The number of piperazine rings is 1. The Balaban J connectivity index is 2.18. The molecule has 13 heteroatoms. The molecule has 3 rings (SSSR count). The van der Waals surface area contributed by atoms with Gasteiger partial charge in [0.15, 0.2) is 0 Å². The van der Waals surface area contributed by atoms with Gasteiger partial charge in [-0.05, 0) is 19.1 Å². The van der Waals surface area contributed by atoms with Crippen molar-refractivity contribution in [3.05, 3.63) is 29.6 Å². The monoisotopic (exact) mass is 514 g/mol. The van der Waals surface area contributed by atoms with Crippen molar-refractivity contribution in [3.63, 3.8) is 0 Å². The summed E-state index contributed by atoms with van der Waals surface area (Å²) in [5, 5.41) is 2.42. The normalized spacial score (nSPS) is 15.7. The van der Waals surface area contributed by atoms with E-state index in [0.717, 1.165) is 12.4 Å². The Morgan fingerprint density at radius 3 is 2.23 bits per heavy atom. The first-order valence-electron chi connectivity index (χ1n) is 10.9. The summed E-state index contributed by atoms with van der Waals surface area (Å²) in [4.78, 5) is 39.3. The van der Waals surface area contributed by atoms with E-state index in [2.05, 4.69) is 20.3 Å². The lowest BCUT2D eigenvalue weighted by molar-refractivity contribution is -0.129. The van der Waals surface area contributed by atoms with E-state index < -0.39 is 29.0 Å². The average Bonchev–Trinajstić information content (AvgIpc) is 2.76. The molecule has 0 bridgehead atoms. The molecule has 0 spiro atoms. The van der Waals surface area contributed by atoms with Gasteiger partial charge in [-0.1, -0.05) is 16.2 Å². The molecule has 2 amide bonds. The Bertz CT molecular complexity index is 1110. The fraction of sp³-hybridized carbons (Fsp3) is 0.500. The van der Waals surface area contributed by atoms with Gasteiger partial charge in [0.1, 0.15) is 18.0 Å². The van der Waals surface area contributed by atoms with Crippen molar-refractivity contribution >= 4 is 32.7 Å². The van der Waals surface area contributed by atoms with E-state index in [1.54, 1.807) is 9.80 Å². The highest BCUT2D eigenvalue weighted by atomic mass is 31.0. The molecule has 0 aromatic carbocycles. The molecule has 1 unspecified atom stereocenters. The molecule has 2 atom stereocenters. The summed E-state index contributed by atoms with van der Waals surface area (Å²) in [7, 11) is 1.46. The quantitative estimate of drug-likeness (QED) is 0.465. The van der Waals surface area contributed by atoms with Crippen LogP contribution < -0.4 is 10.2 Å². The van der Waals surface area contributed by atoms with Crippen LogP contribution >= 0.6 is 9.24 Å². The highest BCUT2D eigenvalue weighted by Crippen LogP contribution is 2.42. The molecule has 8 nitrogen and oxygen atoms in total. The summed E-state index contributed by atoms with van der Waals surface area (Å²) in [6.45, 7) is 6.10. The van der Waals surface area contributed by atoms with Gasteiger partial charge in [0.05, 0.1) is 17.3 Å². The smallest absolute Gasteiger partial charge is 0.284 e. The van der Waals surface area contributed by atoms with E-state index in [1.165, 1.54) is 36.1 Å². The first kappa shape index (κ1) is 26.7. The van der Waals surface area contributed by atoms with Crippen LogP contribution in [0.4, 0.5) is 29.2 Å². The summed E-state index contributed by atoms with van der Waals surface area (Å²) < 4.78 is 57.6. The third-order valence-electron chi connectivity index (χ3n) is 5.86. The van der Waals surface area contributed by atoms with Gasteiger partial charge in [-0.25, -0.2) is 23.7 Å². The molecule has 1 aliphatic heterocycles. The predicted molar refractivity (Wildman–Crippen MR) is 127 cm³/mol. The number of rotatable bonds is 6. The summed E-state index contributed by atoms with van der Waals surface area (Å²) in [6.07, 6.45) is 1.06. The van der Waals surface area contributed by atoms with Crippen LogP contribution in [-0.2, 0) is 15.3 Å². The van der Waals surface area contributed by atoms with E-state index in [4.69, 9.17) is 0 Å². The van der Waals surface area contributed by atoms with E-state index in [1.807, 2.05) is 0 Å². The number of alkyl halides is 4. The second-order valence-electron chi connectivity index (χ2n) is 8.56. The molecule has 0 radical (unpaired) electrons. The SMILES string of the molecule is CC(=O)Nc1ncnc(-c2cc(C(F)(F)P)cc(N3CCN(C(C)=O)CC3)n2)c1[C@@H](C)C(C)(F)F. The van der Waals surface area contributed by atoms with Crippen molar-refractivity contribution in [1.29, 1.82) is 0 Å². The molecule has 1 aliphatic rings. The largest absolute Gasteiger partial charge is 0.353 e. The van der Waals surface area contributed by atoms with E-state index in [9.17, 15) is 27.2 Å². The third kappa shape index (κ3) is 6.22. The number of anilines is 2. The Morgan fingerprint density at radius 1 is 1.09 bits per heavy atom. The van der Waals surface area contributed by atoms with Gasteiger partial charge < -0.3 is 15.1 Å². The van der Waals surface area contributed by atoms with E-state index in [0.29, 0.717) is 33.1 Å². The van der Waals surface area contributed by atoms with Crippen LogP contribution in [-0.4, -0.2) is 63.8 Å². The molecule has 3 heterocycles. The van der Waals surface area contributed by atoms with Gasteiger partial charge in [-0.3, -0.25) is 9.59 Å². The lowest BCUT2D eigenvalue weighted by atomic mass is 9.92. The first-order valence-corrected chi connectivity index (χ1v) is 11.5. The molecule has 1 fully saturated rings. The van der Waals surface area contributed by atoms with Crippen LogP contribution in [0.3, 0.4) is 0 Å². The van der Waals surface area contributed by atoms with Gasteiger partial charge in [0, 0.05) is 51.2 Å². The summed E-state index contributed by atoms with van der Waals surface area (Å²) in [5.74, 6) is -5.27. The number of pyridine rings is 1. The van der Waals surface area contributed by atoms with Gasteiger partial charge in [0.2, 0.25) is 11.8 Å². The van der Waals surface area contributed by atoms with Crippen LogP contribution in [0.1, 0.15) is 44.7 Å². The van der Waals surface area contributed by atoms with Crippen LogP contribution in [0.25, 0.3) is 11.4 Å². The lowest BCUT2D eigenvalue weighted by Gasteiger charge is -2.35. The zero-order chi connectivity index (χ0) is 26.1. The van der Waals surface area contributed by atoms with Gasteiger partial charge >= 0.3 is 0 Å². The number of aromatic nitrogens is 3. The number of hydrogen-bond donors (Lipinski definition) is 1. The molecule has 0 saturated carbocycles. The number of hydrogen-bond acceptors (Lipinski definition) is 6. The summed E-state index contributed by atoms with van der Waals surface area (Å²) in [5.41, 5.74) is -4.00. The molecule has 1 N–H and O–H groups in total.